The lowest BCUT2D eigenvalue weighted by molar-refractivity contribution is -0.122. The fraction of sp³-hybridized carbons (Fsp3) is 0.346. The Hall–Kier alpha value is -2.83. The number of Topliss-reactive ketones (excluding diaryl/α,β-unsaturated/α-hetero) is 1. The first-order valence-corrected chi connectivity index (χ1v) is 11.8. The van der Waals surface area contributed by atoms with E-state index in [-0.39, 0.29) is 18.2 Å². The van der Waals surface area contributed by atoms with E-state index in [1.54, 1.807) is 16.2 Å². The third kappa shape index (κ3) is 4.66. The molecule has 1 amide bonds. The van der Waals surface area contributed by atoms with Gasteiger partial charge in [0.1, 0.15) is 0 Å². The standard InChI is InChI=1S/C26H28N2O3S/c1-16-4-10-22(17(2)12-16)26(31)28-14-21(29)13-23(28)24(30)11-7-19-5-8-20(9-6-19)25-18(3)27-15-32-25/h4-6,8-10,12,15,21,23,29H,7,11,13-14H2,1-3H3/t21-,23+/m1/s1. The van der Waals surface area contributed by atoms with Crippen LogP contribution in [0.1, 0.15) is 45.6 Å². The van der Waals surface area contributed by atoms with E-state index in [0.29, 0.717) is 24.8 Å². The van der Waals surface area contributed by atoms with E-state index in [1.807, 2.05) is 56.6 Å². The normalized spacial score (nSPS) is 18.2. The van der Waals surface area contributed by atoms with Crippen molar-refractivity contribution in [3.8, 4) is 10.4 Å². The molecule has 1 aliphatic heterocycles. The molecule has 1 aromatic heterocycles. The van der Waals surface area contributed by atoms with Gasteiger partial charge in [-0.15, -0.1) is 11.3 Å². The van der Waals surface area contributed by atoms with Gasteiger partial charge >= 0.3 is 0 Å². The predicted octanol–water partition coefficient (Wildman–Crippen LogP) is 4.51. The number of aliphatic hydroxyl groups excluding tert-OH is 1. The summed E-state index contributed by atoms with van der Waals surface area (Å²) in [6.07, 6.45) is 0.589. The van der Waals surface area contributed by atoms with Crippen molar-refractivity contribution < 1.29 is 14.7 Å². The van der Waals surface area contributed by atoms with E-state index in [0.717, 1.165) is 32.8 Å². The third-order valence-corrected chi connectivity index (χ3v) is 7.12. The highest BCUT2D eigenvalue weighted by Gasteiger charge is 2.38. The molecule has 1 fully saturated rings. The molecule has 0 radical (unpaired) electrons. The van der Waals surface area contributed by atoms with Crippen molar-refractivity contribution in [1.29, 1.82) is 0 Å². The van der Waals surface area contributed by atoms with Crippen LogP contribution in [0.4, 0.5) is 0 Å². The summed E-state index contributed by atoms with van der Waals surface area (Å²) in [4.78, 5) is 33.2. The molecule has 1 saturated heterocycles. The molecule has 0 aliphatic carbocycles. The number of hydrogen-bond acceptors (Lipinski definition) is 5. The zero-order chi connectivity index (χ0) is 22.8. The van der Waals surface area contributed by atoms with Crippen molar-refractivity contribution >= 4 is 23.0 Å². The highest BCUT2D eigenvalue weighted by molar-refractivity contribution is 7.13. The smallest absolute Gasteiger partial charge is 0.254 e. The minimum atomic E-state index is -0.666. The molecule has 166 valence electrons. The van der Waals surface area contributed by atoms with Crippen molar-refractivity contribution in [2.45, 2.75) is 52.2 Å². The highest BCUT2D eigenvalue weighted by Crippen LogP contribution is 2.28. The topological polar surface area (TPSA) is 70.5 Å². The Labute approximate surface area is 192 Å². The van der Waals surface area contributed by atoms with Crippen molar-refractivity contribution in [3.05, 3.63) is 75.9 Å². The first-order valence-electron chi connectivity index (χ1n) is 10.9. The van der Waals surface area contributed by atoms with Gasteiger partial charge in [-0.1, -0.05) is 42.0 Å². The number of aryl methyl sites for hydroxylation is 4. The average molecular weight is 449 g/mol. The minimum Gasteiger partial charge on any atom is -0.391 e. The van der Waals surface area contributed by atoms with Gasteiger partial charge in [0.05, 0.1) is 28.2 Å². The lowest BCUT2D eigenvalue weighted by Crippen LogP contribution is -2.41. The van der Waals surface area contributed by atoms with Crippen LogP contribution in [-0.4, -0.2) is 45.4 Å². The summed E-state index contributed by atoms with van der Waals surface area (Å²) in [5.74, 6) is -0.177. The van der Waals surface area contributed by atoms with E-state index < -0.39 is 12.1 Å². The Kier molecular flexibility index (Phi) is 6.53. The number of aromatic nitrogens is 1. The molecule has 2 heterocycles. The second-order valence-corrected chi connectivity index (χ2v) is 9.47. The number of ketones is 1. The Balaban J connectivity index is 1.42. The van der Waals surface area contributed by atoms with Gasteiger partial charge in [-0.05, 0) is 49.9 Å². The van der Waals surface area contributed by atoms with Crippen molar-refractivity contribution in [3.63, 3.8) is 0 Å². The van der Waals surface area contributed by atoms with Crippen molar-refractivity contribution in [1.82, 2.24) is 9.88 Å². The maximum atomic E-state index is 13.1. The van der Waals surface area contributed by atoms with E-state index in [1.165, 1.54) is 0 Å². The first kappa shape index (κ1) is 22.4. The summed E-state index contributed by atoms with van der Waals surface area (Å²) < 4.78 is 0. The molecule has 0 bridgehead atoms. The molecule has 6 heteroatoms. The number of amides is 1. The first-order chi connectivity index (χ1) is 15.3. The van der Waals surface area contributed by atoms with Gasteiger partial charge in [-0.2, -0.15) is 0 Å². The maximum Gasteiger partial charge on any atom is 0.254 e. The number of β-amino-alcohol motifs (C(OH)–C–C–N with tert-alkyl or cyclic N) is 1. The number of nitrogens with zero attached hydrogens (tertiary/aromatic N) is 2. The molecule has 5 nitrogen and oxygen atoms in total. The molecule has 3 aromatic rings. The van der Waals surface area contributed by atoms with Crippen LogP contribution in [0.15, 0.2) is 48.0 Å². The second kappa shape index (κ2) is 9.35. The van der Waals surface area contributed by atoms with E-state index in [4.69, 9.17) is 0 Å². The monoisotopic (exact) mass is 448 g/mol. The molecule has 0 saturated carbocycles. The van der Waals surface area contributed by atoms with Crippen LogP contribution in [0.2, 0.25) is 0 Å². The zero-order valence-corrected chi connectivity index (χ0v) is 19.5. The summed E-state index contributed by atoms with van der Waals surface area (Å²) >= 11 is 1.62. The number of carbonyl (C=O) groups excluding carboxylic acids is 2. The summed E-state index contributed by atoms with van der Waals surface area (Å²) in [5, 5.41) is 10.2. The van der Waals surface area contributed by atoms with Gasteiger partial charge in [0.25, 0.3) is 5.91 Å². The summed E-state index contributed by atoms with van der Waals surface area (Å²) in [6, 6.07) is 13.3. The lowest BCUT2D eigenvalue weighted by atomic mass is 9.99. The van der Waals surface area contributed by atoms with Crippen LogP contribution in [0, 0.1) is 20.8 Å². The van der Waals surface area contributed by atoms with Gasteiger partial charge in [-0.25, -0.2) is 4.98 Å². The van der Waals surface area contributed by atoms with Crippen LogP contribution in [-0.2, 0) is 11.2 Å². The molecular weight excluding hydrogens is 420 g/mol. The number of aliphatic hydroxyl groups is 1. The SMILES string of the molecule is Cc1ccc(C(=O)N2C[C@H](O)C[C@H]2C(=O)CCc2ccc(-c3scnc3C)cc2)c(C)c1. The van der Waals surface area contributed by atoms with E-state index in [9.17, 15) is 14.7 Å². The molecule has 2 atom stereocenters. The second-order valence-electron chi connectivity index (χ2n) is 8.61. The molecule has 1 aliphatic rings. The lowest BCUT2D eigenvalue weighted by Gasteiger charge is -2.24. The largest absolute Gasteiger partial charge is 0.391 e. The number of hydrogen-bond donors (Lipinski definition) is 1. The fourth-order valence-corrected chi connectivity index (χ4v) is 5.20. The van der Waals surface area contributed by atoms with Crippen LogP contribution in [0.25, 0.3) is 10.4 Å². The maximum absolute atomic E-state index is 13.1. The van der Waals surface area contributed by atoms with Crippen LogP contribution in [0.5, 0.6) is 0 Å². The van der Waals surface area contributed by atoms with Gasteiger partial charge < -0.3 is 10.0 Å². The third-order valence-electron chi connectivity index (χ3n) is 6.15. The van der Waals surface area contributed by atoms with Crippen molar-refractivity contribution in [2.24, 2.45) is 0 Å². The molecule has 0 unspecified atom stereocenters. The number of rotatable bonds is 6. The van der Waals surface area contributed by atoms with Crippen molar-refractivity contribution in [2.75, 3.05) is 6.54 Å². The predicted molar refractivity (Wildman–Crippen MR) is 127 cm³/mol. The number of carbonyl (C=O) groups is 2. The fourth-order valence-electron chi connectivity index (χ4n) is 4.39. The Bertz CT molecular complexity index is 1140. The number of benzene rings is 2. The number of likely N-dealkylation sites (tertiary alicyclic amines) is 1. The van der Waals surface area contributed by atoms with Crippen LogP contribution < -0.4 is 0 Å². The molecule has 32 heavy (non-hydrogen) atoms. The molecule has 0 spiro atoms. The van der Waals surface area contributed by atoms with E-state index in [2.05, 4.69) is 17.1 Å². The van der Waals surface area contributed by atoms with Gasteiger partial charge in [0.15, 0.2) is 5.78 Å². The molecule has 2 aromatic carbocycles. The molecule has 4 rings (SSSR count). The van der Waals surface area contributed by atoms with Crippen LogP contribution in [0.3, 0.4) is 0 Å². The molecular formula is C26H28N2O3S. The quantitative estimate of drug-likeness (QED) is 0.602. The van der Waals surface area contributed by atoms with Gasteiger partial charge in [0.2, 0.25) is 0 Å². The minimum absolute atomic E-state index is 0.00189. The molecule has 1 N–H and O–H groups in total. The zero-order valence-electron chi connectivity index (χ0n) is 18.7. The van der Waals surface area contributed by atoms with Gasteiger partial charge in [-0.3, -0.25) is 9.59 Å². The van der Waals surface area contributed by atoms with Gasteiger partial charge in [0, 0.05) is 24.9 Å². The average Bonchev–Trinajstić information content (AvgIpc) is 3.37. The Morgan fingerprint density at radius 3 is 2.53 bits per heavy atom. The van der Waals surface area contributed by atoms with E-state index >= 15 is 0 Å². The Morgan fingerprint density at radius 2 is 1.88 bits per heavy atom. The highest BCUT2D eigenvalue weighted by atomic mass is 32.1. The summed E-state index contributed by atoms with van der Waals surface area (Å²) in [7, 11) is 0. The Morgan fingerprint density at radius 1 is 1.12 bits per heavy atom. The number of thiazole rings is 1. The summed E-state index contributed by atoms with van der Waals surface area (Å²) in [5.41, 5.74) is 7.64. The summed E-state index contributed by atoms with van der Waals surface area (Å²) in [6.45, 7) is 6.09. The van der Waals surface area contributed by atoms with Crippen LogP contribution >= 0.6 is 11.3 Å².